The van der Waals surface area contributed by atoms with Crippen molar-refractivity contribution < 1.29 is 9.53 Å². The van der Waals surface area contributed by atoms with Crippen molar-refractivity contribution in [1.82, 2.24) is 5.32 Å². The lowest BCUT2D eigenvalue weighted by molar-refractivity contribution is 0.0922. The van der Waals surface area contributed by atoms with Crippen molar-refractivity contribution in [2.75, 3.05) is 25.5 Å². The van der Waals surface area contributed by atoms with E-state index in [2.05, 4.69) is 21.2 Å². The molecule has 1 rings (SSSR count). The first-order valence-corrected chi connectivity index (χ1v) is 5.86. The standard InChI is InChI=1S/C11H15BrN2O2/c1-2-16-7-6-14-11(15)8-4-3-5-9(13)10(8)12/h3-5H,2,6-7,13H2,1H3,(H,14,15). The molecule has 0 bridgehead atoms. The number of hydrogen-bond acceptors (Lipinski definition) is 3. The summed E-state index contributed by atoms with van der Waals surface area (Å²) < 4.78 is 5.75. The Kier molecular flexibility index (Phi) is 5.28. The van der Waals surface area contributed by atoms with Gasteiger partial charge in [-0.3, -0.25) is 4.79 Å². The van der Waals surface area contributed by atoms with E-state index >= 15 is 0 Å². The third-order valence-corrected chi connectivity index (χ3v) is 2.89. The van der Waals surface area contributed by atoms with Gasteiger partial charge < -0.3 is 15.8 Å². The minimum Gasteiger partial charge on any atom is -0.398 e. The van der Waals surface area contributed by atoms with Crippen molar-refractivity contribution in [3.05, 3.63) is 28.2 Å². The van der Waals surface area contributed by atoms with Crippen LogP contribution in [0, 0.1) is 0 Å². The molecular formula is C11H15BrN2O2. The molecule has 4 nitrogen and oxygen atoms in total. The highest BCUT2D eigenvalue weighted by molar-refractivity contribution is 9.10. The van der Waals surface area contributed by atoms with Crippen LogP contribution >= 0.6 is 15.9 Å². The first-order chi connectivity index (χ1) is 7.66. The van der Waals surface area contributed by atoms with Crippen LogP contribution in [0.5, 0.6) is 0 Å². The molecule has 0 aliphatic carbocycles. The predicted molar refractivity (Wildman–Crippen MR) is 67.4 cm³/mol. The van der Waals surface area contributed by atoms with Crippen molar-refractivity contribution in [2.45, 2.75) is 6.92 Å². The van der Waals surface area contributed by atoms with Crippen LogP contribution in [-0.4, -0.2) is 25.7 Å². The molecule has 16 heavy (non-hydrogen) atoms. The molecule has 0 saturated heterocycles. The largest absolute Gasteiger partial charge is 0.398 e. The van der Waals surface area contributed by atoms with Gasteiger partial charge in [-0.1, -0.05) is 6.07 Å². The van der Waals surface area contributed by atoms with Crippen LogP contribution in [0.15, 0.2) is 22.7 Å². The maximum absolute atomic E-state index is 11.7. The highest BCUT2D eigenvalue weighted by Crippen LogP contribution is 2.23. The molecule has 1 aromatic rings. The Labute approximate surface area is 103 Å². The van der Waals surface area contributed by atoms with Crippen molar-refractivity contribution in [2.24, 2.45) is 0 Å². The minimum atomic E-state index is -0.154. The van der Waals surface area contributed by atoms with E-state index in [9.17, 15) is 4.79 Å². The lowest BCUT2D eigenvalue weighted by Crippen LogP contribution is -2.27. The van der Waals surface area contributed by atoms with Gasteiger partial charge in [0.05, 0.1) is 16.6 Å². The average Bonchev–Trinajstić information content (AvgIpc) is 2.28. The van der Waals surface area contributed by atoms with E-state index in [4.69, 9.17) is 10.5 Å². The fraction of sp³-hybridized carbons (Fsp3) is 0.364. The van der Waals surface area contributed by atoms with Crippen LogP contribution in [-0.2, 0) is 4.74 Å². The van der Waals surface area contributed by atoms with Gasteiger partial charge in [0.1, 0.15) is 0 Å². The molecule has 0 aliphatic rings. The van der Waals surface area contributed by atoms with Crippen LogP contribution < -0.4 is 11.1 Å². The second-order valence-electron chi connectivity index (χ2n) is 3.16. The summed E-state index contributed by atoms with van der Waals surface area (Å²) in [6, 6.07) is 5.20. The summed E-state index contributed by atoms with van der Waals surface area (Å²) >= 11 is 3.29. The first kappa shape index (κ1) is 13.0. The van der Waals surface area contributed by atoms with Crippen molar-refractivity contribution in [3.8, 4) is 0 Å². The number of benzene rings is 1. The summed E-state index contributed by atoms with van der Waals surface area (Å²) in [5, 5.41) is 2.75. The summed E-state index contributed by atoms with van der Waals surface area (Å²) in [7, 11) is 0. The number of hydrogen-bond donors (Lipinski definition) is 2. The number of rotatable bonds is 5. The van der Waals surface area contributed by atoms with Gasteiger partial charge in [0.2, 0.25) is 0 Å². The van der Waals surface area contributed by atoms with Crippen LogP contribution in [0.4, 0.5) is 5.69 Å². The maximum Gasteiger partial charge on any atom is 0.252 e. The molecule has 1 aromatic carbocycles. The molecule has 0 radical (unpaired) electrons. The average molecular weight is 287 g/mol. The molecule has 0 aliphatic heterocycles. The van der Waals surface area contributed by atoms with Gasteiger partial charge in [-0.2, -0.15) is 0 Å². The Morgan fingerprint density at radius 1 is 1.56 bits per heavy atom. The fourth-order valence-electron chi connectivity index (χ4n) is 1.20. The monoisotopic (exact) mass is 286 g/mol. The van der Waals surface area contributed by atoms with E-state index in [0.29, 0.717) is 35.5 Å². The van der Waals surface area contributed by atoms with Gasteiger partial charge in [-0.15, -0.1) is 0 Å². The SMILES string of the molecule is CCOCCNC(=O)c1cccc(N)c1Br. The normalized spacial score (nSPS) is 10.1. The molecule has 0 unspecified atom stereocenters. The zero-order valence-electron chi connectivity index (χ0n) is 9.13. The van der Waals surface area contributed by atoms with Gasteiger partial charge in [0.25, 0.3) is 5.91 Å². The Morgan fingerprint density at radius 2 is 2.31 bits per heavy atom. The number of nitrogen functional groups attached to an aromatic ring is 1. The zero-order valence-corrected chi connectivity index (χ0v) is 10.7. The Morgan fingerprint density at radius 3 is 3.00 bits per heavy atom. The number of nitrogens with one attached hydrogen (secondary N) is 1. The summed E-state index contributed by atoms with van der Waals surface area (Å²) in [5.74, 6) is -0.154. The summed E-state index contributed by atoms with van der Waals surface area (Å²) in [6.07, 6.45) is 0. The van der Waals surface area contributed by atoms with Crippen LogP contribution in [0.2, 0.25) is 0 Å². The van der Waals surface area contributed by atoms with Crippen molar-refractivity contribution in [1.29, 1.82) is 0 Å². The fourth-order valence-corrected chi connectivity index (χ4v) is 1.65. The Bertz CT molecular complexity index is 369. The summed E-state index contributed by atoms with van der Waals surface area (Å²) in [6.45, 7) is 3.57. The van der Waals surface area contributed by atoms with Gasteiger partial charge in [-0.05, 0) is 35.0 Å². The predicted octanol–water partition coefficient (Wildman–Crippen LogP) is 1.80. The second kappa shape index (κ2) is 6.50. The van der Waals surface area contributed by atoms with Gasteiger partial charge in [-0.25, -0.2) is 0 Å². The molecular weight excluding hydrogens is 272 g/mol. The Balaban J connectivity index is 2.56. The zero-order chi connectivity index (χ0) is 12.0. The maximum atomic E-state index is 11.7. The van der Waals surface area contributed by atoms with Crippen molar-refractivity contribution >= 4 is 27.5 Å². The number of anilines is 1. The second-order valence-corrected chi connectivity index (χ2v) is 3.95. The van der Waals surface area contributed by atoms with E-state index in [1.165, 1.54) is 0 Å². The van der Waals surface area contributed by atoms with E-state index in [1.54, 1.807) is 18.2 Å². The van der Waals surface area contributed by atoms with E-state index in [1.807, 2.05) is 6.92 Å². The number of nitrogens with two attached hydrogens (primary N) is 1. The summed E-state index contributed by atoms with van der Waals surface area (Å²) in [5.41, 5.74) is 6.77. The molecule has 0 heterocycles. The molecule has 0 saturated carbocycles. The molecule has 3 N–H and O–H groups in total. The molecule has 0 aromatic heterocycles. The topological polar surface area (TPSA) is 64.3 Å². The third kappa shape index (κ3) is 3.50. The quantitative estimate of drug-likeness (QED) is 0.641. The number of carbonyl (C=O) groups excluding carboxylic acids is 1. The number of amides is 1. The molecule has 1 amide bonds. The van der Waals surface area contributed by atoms with E-state index in [-0.39, 0.29) is 5.91 Å². The number of halogens is 1. The Hall–Kier alpha value is -1.07. The minimum absolute atomic E-state index is 0.154. The van der Waals surface area contributed by atoms with Gasteiger partial charge in [0.15, 0.2) is 0 Å². The van der Waals surface area contributed by atoms with E-state index < -0.39 is 0 Å². The van der Waals surface area contributed by atoms with Crippen LogP contribution in [0.3, 0.4) is 0 Å². The molecule has 5 heteroatoms. The third-order valence-electron chi connectivity index (χ3n) is 2.01. The van der Waals surface area contributed by atoms with Gasteiger partial charge in [0, 0.05) is 18.8 Å². The lowest BCUT2D eigenvalue weighted by atomic mass is 10.2. The lowest BCUT2D eigenvalue weighted by Gasteiger charge is -2.08. The highest BCUT2D eigenvalue weighted by atomic mass is 79.9. The molecule has 0 spiro atoms. The number of ether oxygens (including phenoxy) is 1. The van der Waals surface area contributed by atoms with E-state index in [0.717, 1.165) is 0 Å². The van der Waals surface area contributed by atoms with Crippen molar-refractivity contribution in [3.63, 3.8) is 0 Å². The smallest absolute Gasteiger partial charge is 0.252 e. The molecule has 0 atom stereocenters. The molecule has 0 fully saturated rings. The van der Waals surface area contributed by atoms with Crippen LogP contribution in [0.1, 0.15) is 17.3 Å². The molecule has 88 valence electrons. The number of carbonyl (C=O) groups is 1. The first-order valence-electron chi connectivity index (χ1n) is 5.06. The van der Waals surface area contributed by atoms with Crippen LogP contribution in [0.25, 0.3) is 0 Å². The van der Waals surface area contributed by atoms with Gasteiger partial charge >= 0.3 is 0 Å². The highest BCUT2D eigenvalue weighted by Gasteiger charge is 2.10. The summed E-state index contributed by atoms with van der Waals surface area (Å²) in [4.78, 5) is 11.7.